The molecule has 1 saturated heterocycles. The number of piperidine rings is 1. The molecule has 0 bridgehead atoms. The topological polar surface area (TPSA) is 110 Å². The minimum Gasteiger partial charge on any atom is -0.271 e. The van der Waals surface area contributed by atoms with E-state index in [2.05, 4.69) is 4.72 Å². The molecule has 0 amide bonds. The van der Waals surface area contributed by atoms with Crippen LogP contribution in [0.1, 0.15) is 24.8 Å². The average molecular weight is 333 g/mol. The second-order valence-electron chi connectivity index (χ2n) is 5.04. The number of benzene rings is 1. The molecule has 0 atom stereocenters. The predicted octanol–water partition coefficient (Wildman–Crippen LogP) is 0.785. The SMILES string of the molecule is Cc1c(NS(=O)(=O)N2CCCCC2)cccc1S(N)(=O)=O. The smallest absolute Gasteiger partial charge is 0.271 e. The second kappa shape index (κ2) is 5.91. The first-order chi connectivity index (χ1) is 9.72. The minimum atomic E-state index is -3.88. The molecule has 1 aromatic carbocycles. The Bertz CT molecular complexity index is 723. The van der Waals surface area contributed by atoms with Gasteiger partial charge in [0.15, 0.2) is 0 Å². The van der Waals surface area contributed by atoms with E-state index in [0.29, 0.717) is 18.7 Å². The van der Waals surface area contributed by atoms with Crippen molar-refractivity contribution in [1.82, 2.24) is 4.31 Å². The fourth-order valence-electron chi connectivity index (χ4n) is 2.34. The van der Waals surface area contributed by atoms with Crippen LogP contribution >= 0.6 is 0 Å². The van der Waals surface area contributed by atoms with Crippen LogP contribution in [-0.4, -0.2) is 34.2 Å². The molecule has 0 saturated carbocycles. The Balaban J connectivity index is 2.31. The van der Waals surface area contributed by atoms with Gasteiger partial charge in [0.05, 0.1) is 10.6 Å². The lowest BCUT2D eigenvalue weighted by Gasteiger charge is -2.26. The van der Waals surface area contributed by atoms with Gasteiger partial charge in [-0.15, -0.1) is 0 Å². The summed E-state index contributed by atoms with van der Waals surface area (Å²) in [6, 6.07) is 4.33. The van der Waals surface area contributed by atoms with Crippen molar-refractivity contribution in [2.45, 2.75) is 31.1 Å². The number of nitrogens with one attached hydrogen (secondary N) is 1. The van der Waals surface area contributed by atoms with Gasteiger partial charge in [-0.1, -0.05) is 12.5 Å². The van der Waals surface area contributed by atoms with Crippen molar-refractivity contribution >= 4 is 25.9 Å². The van der Waals surface area contributed by atoms with Crippen LogP contribution in [0.2, 0.25) is 0 Å². The molecule has 9 heteroatoms. The number of nitrogens with zero attached hydrogens (tertiary/aromatic N) is 1. The number of anilines is 1. The fourth-order valence-corrected chi connectivity index (χ4v) is 4.51. The number of hydrogen-bond donors (Lipinski definition) is 2. The molecule has 1 aromatic rings. The minimum absolute atomic E-state index is 0.0821. The van der Waals surface area contributed by atoms with E-state index < -0.39 is 20.2 Å². The third kappa shape index (κ3) is 3.73. The van der Waals surface area contributed by atoms with Crippen molar-refractivity contribution in [3.8, 4) is 0 Å². The van der Waals surface area contributed by atoms with E-state index in [1.165, 1.54) is 29.4 Å². The standard InChI is InChI=1S/C12H19N3O4S2/c1-10-11(6-5-7-12(10)20(13,16)17)14-21(18,19)15-8-3-2-4-9-15/h5-7,14H,2-4,8-9H2,1H3,(H2,13,16,17). The molecule has 1 aliphatic rings. The summed E-state index contributed by atoms with van der Waals surface area (Å²) in [6.07, 6.45) is 2.68. The molecule has 1 heterocycles. The summed E-state index contributed by atoms with van der Waals surface area (Å²) < 4.78 is 51.4. The zero-order valence-electron chi connectivity index (χ0n) is 11.7. The Hall–Kier alpha value is -1.16. The maximum absolute atomic E-state index is 12.3. The van der Waals surface area contributed by atoms with E-state index in [9.17, 15) is 16.8 Å². The first-order valence-electron chi connectivity index (χ1n) is 6.62. The quantitative estimate of drug-likeness (QED) is 0.848. The number of hydrogen-bond acceptors (Lipinski definition) is 4. The lowest BCUT2D eigenvalue weighted by molar-refractivity contribution is 0.349. The second-order valence-corrected chi connectivity index (χ2v) is 8.24. The van der Waals surface area contributed by atoms with Gasteiger partial charge in [0.25, 0.3) is 0 Å². The molecule has 118 valence electrons. The molecule has 0 unspecified atom stereocenters. The van der Waals surface area contributed by atoms with Crippen molar-refractivity contribution in [1.29, 1.82) is 0 Å². The fraction of sp³-hybridized carbons (Fsp3) is 0.500. The van der Waals surface area contributed by atoms with Crippen LogP contribution in [0.5, 0.6) is 0 Å². The molecule has 0 aliphatic carbocycles. The molecule has 0 spiro atoms. The normalized spacial score (nSPS) is 17.6. The van der Waals surface area contributed by atoms with Crippen LogP contribution < -0.4 is 9.86 Å². The van der Waals surface area contributed by atoms with Crippen LogP contribution in [0.25, 0.3) is 0 Å². The summed E-state index contributed by atoms with van der Waals surface area (Å²) >= 11 is 0. The lowest BCUT2D eigenvalue weighted by Crippen LogP contribution is -2.39. The summed E-state index contributed by atoms with van der Waals surface area (Å²) in [5.41, 5.74) is 0.521. The Morgan fingerprint density at radius 3 is 2.29 bits per heavy atom. The van der Waals surface area contributed by atoms with Crippen LogP contribution in [0.3, 0.4) is 0 Å². The Morgan fingerprint density at radius 2 is 1.71 bits per heavy atom. The first kappa shape index (κ1) is 16.2. The number of sulfonamides is 1. The predicted molar refractivity (Wildman–Crippen MR) is 80.5 cm³/mol. The molecule has 21 heavy (non-hydrogen) atoms. The summed E-state index contributed by atoms with van der Waals surface area (Å²) in [7, 11) is -7.56. The van der Waals surface area contributed by atoms with Gasteiger partial charge in [-0.3, -0.25) is 4.72 Å². The van der Waals surface area contributed by atoms with Crippen molar-refractivity contribution in [3.63, 3.8) is 0 Å². The van der Waals surface area contributed by atoms with Gasteiger partial charge in [-0.05, 0) is 37.5 Å². The highest BCUT2D eigenvalue weighted by Gasteiger charge is 2.25. The maximum Gasteiger partial charge on any atom is 0.301 e. The van der Waals surface area contributed by atoms with Crippen LogP contribution in [0.15, 0.2) is 23.1 Å². The van der Waals surface area contributed by atoms with E-state index in [1.807, 2.05) is 0 Å². The maximum atomic E-state index is 12.3. The largest absolute Gasteiger partial charge is 0.301 e. The van der Waals surface area contributed by atoms with Gasteiger partial charge in [0, 0.05) is 13.1 Å². The van der Waals surface area contributed by atoms with Gasteiger partial charge in [0.1, 0.15) is 0 Å². The summed E-state index contributed by atoms with van der Waals surface area (Å²) in [5.74, 6) is 0. The monoisotopic (exact) mass is 333 g/mol. The Kier molecular flexibility index (Phi) is 4.57. The summed E-state index contributed by atoms with van der Waals surface area (Å²) in [5, 5.41) is 5.12. The molecule has 0 radical (unpaired) electrons. The summed E-state index contributed by atoms with van der Waals surface area (Å²) in [6.45, 7) is 2.47. The van der Waals surface area contributed by atoms with Crippen molar-refractivity contribution in [2.24, 2.45) is 5.14 Å². The van der Waals surface area contributed by atoms with Crippen LogP contribution in [-0.2, 0) is 20.2 Å². The van der Waals surface area contributed by atoms with E-state index in [4.69, 9.17) is 5.14 Å². The zero-order valence-corrected chi connectivity index (χ0v) is 13.4. The van der Waals surface area contributed by atoms with Crippen molar-refractivity contribution < 1.29 is 16.8 Å². The third-order valence-electron chi connectivity index (χ3n) is 3.48. The van der Waals surface area contributed by atoms with Crippen molar-refractivity contribution in [3.05, 3.63) is 23.8 Å². The molecular weight excluding hydrogens is 314 g/mol. The first-order valence-corrected chi connectivity index (χ1v) is 9.61. The molecule has 1 aliphatic heterocycles. The van der Waals surface area contributed by atoms with E-state index in [-0.39, 0.29) is 10.6 Å². The molecule has 1 fully saturated rings. The number of nitrogens with two attached hydrogens (primary N) is 1. The van der Waals surface area contributed by atoms with Gasteiger partial charge in [0.2, 0.25) is 10.0 Å². The van der Waals surface area contributed by atoms with E-state index >= 15 is 0 Å². The summed E-state index contributed by atoms with van der Waals surface area (Å²) in [4.78, 5) is -0.0821. The highest BCUT2D eigenvalue weighted by Crippen LogP contribution is 2.24. The zero-order chi connectivity index (χ0) is 15.7. The van der Waals surface area contributed by atoms with Gasteiger partial charge >= 0.3 is 10.2 Å². The Labute approximate surface area is 125 Å². The van der Waals surface area contributed by atoms with Gasteiger partial charge in [-0.2, -0.15) is 12.7 Å². The van der Waals surface area contributed by atoms with Crippen molar-refractivity contribution in [2.75, 3.05) is 17.8 Å². The van der Waals surface area contributed by atoms with E-state index in [1.54, 1.807) is 0 Å². The average Bonchev–Trinajstić information content (AvgIpc) is 2.41. The lowest BCUT2D eigenvalue weighted by atomic mass is 10.2. The number of primary sulfonamides is 1. The molecule has 2 rings (SSSR count). The van der Waals surface area contributed by atoms with Crippen LogP contribution in [0.4, 0.5) is 5.69 Å². The molecule has 0 aromatic heterocycles. The molecule has 7 nitrogen and oxygen atoms in total. The third-order valence-corrected chi connectivity index (χ3v) is 6.06. The number of rotatable bonds is 4. The molecular formula is C12H19N3O4S2. The highest BCUT2D eigenvalue weighted by atomic mass is 32.2. The molecule has 3 N–H and O–H groups in total. The van der Waals surface area contributed by atoms with E-state index in [0.717, 1.165) is 19.3 Å². The van der Waals surface area contributed by atoms with Gasteiger partial charge in [-0.25, -0.2) is 13.6 Å². The van der Waals surface area contributed by atoms with Crippen LogP contribution in [0, 0.1) is 6.92 Å². The highest BCUT2D eigenvalue weighted by molar-refractivity contribution is 7.90. The Morgan fingerprint density at radius 1 is 1.10 bits per heavy atom. The van der Waals surface area contributed by atoms with Gasteiger partial charge < -0.3 is 0 Å².